The van der Waals surface area contributed by atoms with Crippen LogP contribution >= 0.6 is 11.3 Å². The third-order valence-electron chi connectivity index (χ3n) is 3.09. The molecule has 0 amide bonds. The molecule has 0 aliphatic carbocycles. The minimum absolute atomic E-state index is 0.778. The largest absolute Gasteiger partial charge is 0.330 e. The number of nitrogens with zero attached hydrogens (tertiary/aromatic N) is 1. The number of aromatic nitrogens is 1. The fourth-order valence-electron chi connectivity index (χ4n) is 2.18. The van der Waals surface area contributed by atoms with Crippen molar-refractivity contribution in [3.05, 3.63) is 16.1 Å². The Morgan fingerprint density at radius 3 is 3.25 bits per heavy atom. The van der Waals surface area contributed by atoms with E-state index in [4.69, 9.17) is 5.73 Å². The summed E-state index contributed by atoms with van der Waals surface area (Å²) in [6.45, 7) is 3.13. The highest BCUT2D eigenvalue weighted by Crippen LogP contribution is 2.21. The zero-order chi connectivity index (χ0) is 11.2. The maximum atomic E-state index is 5.51. The lowest BCUT2D eigenvalue weighted by Gasteiger charge is -2.21. The van der Waals surface area contributed by atoms with Crippen molar-refractivity contribution in [1.82, 2.24) is 10.3 Å². The Morgan fingerprint density at radius 1 is 1.56 bits per heavy atom. The molecule has 1 unspecified atom stereocenters. The first-order valence-corrected chi connectivity index (χ1v) is 7.04. The number of nitrogens with two attached hydrogens (primary N) is 1. The van der Waals surface area contributed by atoms with E-state index in [1.54, 1.807) is 0 Å². The van der Waals surface area contributed by atoms with Crippen molar-refractivity contribution < 1.29 is 0 Å². The molecule has 16 heavy (non-hydrogen) atoms. The molecule has 0 radical (unpaired) electrons. The van der Waals surface area contributed by atoms with Gasteiger partial charge in [0.2, 0.25) is 0 Å². The van der Waals surface area contributed by atoms with E-state index < -0.39 is 0 Å². The van der Waals surface area contributed by atoms with Gasteiger partial charge >= 0.3 is 0 Å². The first kappa shape index (κ1) is 12.0. The molecular formula is C12H21N3S. The predicted octanol–water partition coefficient (Wildman–Crippen LogP) is 1.58. The maximum Gasteiger partial charge on any atom is 0.0930 e. The first-order chi connectivity index (χ1) is 7.88. The highest BCUT2D eigenvalue weighted by atomic mass is 32.1. The number of thiazole rings is 1. The fourth-order valence-corrected chi connectivity index (χ4v) is 3.26. The summed E-state index contributed by atoms with van der Waals surface area (Å²) in [7, 11) is 0. The van der Waals surface area contributed by atoms with Crippen LogP contribution in [0.1, 0.15) is 29.1 Å². The van der Waals surface area contributed by atoms with Crippen LogP contribution in [0.25, 0.3) is 0 Å². The lowest BCUT2D eigenvalue weighted by atomic mass is 9.97. The van der Waals surface area contributed by atoms with Gasteiger partial charge in [-0.1, -0.05) is 0 Å². The van der Waals surface area contributed by atoms with E-state index in [-0.39, 0.29) is 0 Å². The van der Waals surface area contributed by atoms with E-state index in [9.17, 15) is 0 Å². The standard InChI is InChI=1S/C12H21N3S/c13-5-1-4-11-9-15-12(16-11)7-10-3-2-6-14-8-10/h9-10,14H,1-8,13H2. The van der Waals surface area contributed by atoms with Crippen LogP contribution in [-0.2, 0) is 12.8 Å². The zero-order valence-electron chi connectivity index (χ0n) is 9.74. The average molecular weight is 239 g/mol. The van der Waals surface area contributed by atoms with Gasteiger partial charge in [0.15, 0.2) is 0 Å². The van der Waals surface area contributed by atoms with Crippen LogP contribution in [0.2, 0.25) is 0 Å². The molecule has 1 aliphatic rings. The summed E-state index contributed by atoms with van der Waals surface area (Å²) in [6, 6.07) is 0. The summed E-state index contributed by atoms with van der Waals surface area (Å²) in [5, 5.41) is 4.76. The van der Waals surface area contributed by atoms with Gasteiger partial charge in [-0.2, -0.15) is 0 Å². The number of aryl methyl sites for hydroxylation is 1. The second-order valence-electron chi connectivity index (χ2n) is 4.53. The summed E-state index contributed by atoms with van der Waals surface area (Å²) in [4.78, 5) is 5.91. The average Bonchev–Trinajstić information content (AvgIpc) is 2.75. The van der Waals surface area contributed by atoms with Crippen molar-refractivity contribution in [3.63, 3.8) is 0 Å². The smallest absolute Gasteiger partial charge is 0.0930 e. The molecule has 1 aliphatic heterocycles. The molecular weight excluding hydrogens is 218 g/mol. The molecule has 0 aromatic carbocycles. The molecule has 3 N–H and O–H groups in total. The third-order valence-corrected chi connectivity index (χ3v) is 4.17. The second kappa shape index (κ2) is 6.33. The number of rotatable bonds is 5. The summed E-state index contributed by atoms with van der Waals surface area (Å²) in [6.07, 6.45) is 8.02. The van der Waals surface area contributed by atoms with Gasteiger partial charge in [-0.3, -0.25) is 0 Å². The molecule has 1 saturated heterocycles. The highest BCUT2D eigenvalue weighted by molar-refractivity contribution is 7.11. The van der Waals surface area contributed by atoms with Crippen molar-refractivity contribution in [2.75, 3.05) is 19.6 Å². The summed E-state index contributed by atoms with van der Waals surface area (Å²) >= 11 is 1.87. The van der Waals surface area contributed by atoms with Crippen molar-refractivity contribution >= 4 is 11.3 Å². The Hall–Kier alpha value is -0.450. The highest BCUT2D eigenvalue weighted by Gasteiger charge is 2.15. The van der Waals surface area contributed by atoms with Gasteiger partial charge in [-0.05, 0) is 51.2 Å². The number of nitrogens with one attached hydrogen (secondary N) is 1. The van der Waals surface area contributed by atoms with Crippen LogP contribution in [0.15, 0.2) is 6.20 Å². The first-order valence-electron chi connectivity index (χ1n) is 6.23. The predicted molar refractivity (Wildman–Crippen MR) is 68.8 cm³/mol. The molecule has 0 saturated carbocycles. The molecule has 1 fully saturated rings. The molecule has 1 aromatic heterocycles. The van der Waals surface area contributed by atoms with E-state index in [1.165, 1.54) is 29.3 Å². The summed E-state index contributed by atoms with van der Waals surface area (Å²) in [5.74, 6) is 0.794. The Labute approximate surface area is 101 Å². The molecule has 4 heteroatoms. The molecule has 1 atom stereocenters. The van der Waals surface area contributed by atoms with Gasteiger partial charge in [0, 0.05) is 17.5 Å². The van der Waals surface area contributed by atoms with E-state index in [1.807, 2.05) is 17.5 Å². The van der Waals surface area contributed by atoms with E-state index >= 15 is 0 Å². The summed E-state index contributed by atoms with van der Waals surface area (Å²) < 4.78 is 0. The van der Waals surface area contributed by atoms with Crippen LogP contribution < -0.4 is 11.1 Å². The Kier molecular flexibility index (Phi) is 4.75. The van der Waals surface area contributed by atoms with Gasteiger partial charge in [0.1, 0.15) is 0 Å². The number of hydrogen-bond donors (Lipinski definition) is 2. The van der Waals surface area contributed by atoms with Crippen molar-refractivity contribution in [1.29, 1.82) is 0 Å². The maximum absolute atomic E-state index is 5.51. The number of hydrogen-bond acceptors (Lipinski definition) is 4. The Bertz CT molecular complexity index is 305. The SMILES string of the molecule is NCCCc1cnc(CC2CCCNC2)s1. The van der Waals surface area contributed by atoms with E-state index in [2.05, 4.69) is 10.3 Å². The topological polar surface area (TPSA) is 50.9 Å². The molecule has 0 bridgehead atoms. The van der Waals surface area contributed by atoms with Gasteiger partial charge < -0.3 is 11.1 Å². The lowest BCUT2D eigenvalue weighted by molar-refractivity contribution is 0.376. The van der Waals surface area contributed by atoms with Crippen LogP contribution in [0.3, 0.4) is 0 Å². The van der Waals surface area contributed by atoms with Gasteiger partial charge in [-0.15, -0.1) is 11.3 Å². The molecule has 2 heterocycles. The number of piperidine rings is 1. The monoisotopic (exact) mass is 239 g/mol. The third kappa shape index (κ3) is 3.54. The van der Waals surface area contributed by atoms with Crippen LogP contribution in [0.5, 0.6) is 0 Å². The molecule has 3 nitrogen and oxygen atoms in total. The van der Waals surface area contributed by atoms with Crippen molar-refractivity contribution in [3.8, 4) is 0 Å². The van der Waals surface area contributed by atoms with E-state index in [0.717, 1.165) is 38.3 Å². The minimum atomic E-state index is 0.778. The van der Waals surface area contributed by atoms with Crippen LogP contribution in [0, 0.1) is 5.92 Å². The Morgan fingerprint density at radius 2 is 2.50 bits per heavy atom. The Balaban J connectivity index is 1.81. The van der Waals surface area contributed by atoms with Gasteiger partial charge in [0.25, 0.3) is 0 Å². The normalized spacial score (nSPS) is 21.2. The molecule has 90 valence electrons. The minimum Gasteiger partial charge on any atom is -0.330 e. The van der Waals surface area contributed by atoms with Crippen molar-refractivity contribution in [2.45, 2.75) is 32.1 Å². The van der Waals surface area contributed by atoms with Crippen LogP contribution in [0.4, 0.5) is 0 Å². The van der Waals surface area contributed by atoms with Crippen molar-refractivity contribution in [2.24, 2.45) is 11.7 Å². The second-order valence-corrected chi connectivity index (χ2v) is 5.73. The fraction of sp³-hybridized carbons (Fsp3) is 0.750. The summed E-state index contributed by atoms with van der Waals surface area (Å²) in [5.41, 5.74) is 5.51. The van der Waals surface area contributed by atoms with Crippen LogP contribution in [-0.4, -0.2) is 24.6 Å². The lowest BCUT2D eigenvalue weighted by Crippen LogP contribution is -2.30. The van der Waals surface area contributed by atoms with Gasteiger partial charge in [0.05, 0.1) is 5.01 Å². The molecule has 0 spiro atoms. The quantitative estimate of drug-likeness (QED) is 0.820. The molecule has 1 aromatic rings. The van der Waals surface area contributed by atoms with E-state index in [0.29, 0.717) is 0 Å². The zero-order valence-corrected chi connectivity index (χ0v) is 10.6. The molecule has 2 rings (SSSR count). The van der Waals surface area contributed by atoms with Gasteiger partial charge in [-0.25, -0.2) is 4.98 Å².